The van der Waals surface area contributed by atoms with E-state index in [4.69, 9.17) is 5.73 Å². The molecule has 1 aliphatic heterocycles. The quantitative estimate of drug-likeness (QED) is 0.889. The van der Waals surface area contributed by atoms with Crippen molar-refractivity contribution in [1.29, 1.82) is 0 Å². The molecule has 2 nitrogen and oxygen atoms in total. The molecule has 0 spiro atoms. The molecular weight excluding hydrogens is 300 g/mol. The topological polar surface area (TPSA) is 29.3 Å². The summed E-state index contributed by atoms with van der Waals surface area (Å²) in [6, 6.07) is 6.51. The standard InChI is InChI=1S/C16H25BrN2/c1-2-3-13-6-8-19(9-7-13)12-15-5-4-14(11-18)10-16(15)17/h4-5,10,13H,2-3,6-9,11-12,18H2,1H3. The van der Waals surface area contributed by atoms with E-state index in [1.54, 1.807) is 0 Å². The Bertz CT molecular complexity index is 398. The van der Waals surface area contributed by atoms with Gasteiger partial charge in [-0.2, -0.15) is 0 Å². The Labute approximate surface area is 125 Å². The van der Waals surface area contributed by atoms with Crippen LogP contribution >= 0.6 is 15.9 Å². The van der Waals surface area contributed by atoms with Crippen LogP contribution in [0.15, 0.2) is 22.7 Å². The molecule has 2 N–H and O–H groups in total. The van der Waals surface area contributed by atoms with Gasteiger partial charge in [-0.15, -0.1) is 0 Å². The second-order valence-electron chi connectivity index (χ2n) is 5.64. The van der Waals surface area contributed by atoms with Gasteiger partial charge in [-0.3, -0.25) is 4.90 Å². The monoisotopic (exact) mass is 324 g/mol. The van der Waals surface area contributed by atoms with Gasteiger partial charge in [0.25, 0.3) is 0 Å². The van der Waals surface area contributed by atoms with Crippen LogP contribution < -0.4 is 5.73 Å². The van der Waals surface area contributed by atoms with Gasteiger partial charge in [0, 0.05) is 17.6 Å². The highest BCUT2D eigenvalue weighted by Crippen LogP contribution is 2.25. The lowest BCUT2D eigenvalue weighted by atomic mass is 9.92. The zero-order valence-corrected chi connectivity index (χ0v) is 13.5. The molecule has 3 heteroatoms. The van der Waals surface area contributed by atoms with Crippen LogP contribution in [0.5, 0.6) is 0 Å². The predicted molar refractivity (Wildman–Crippen MR) is 84.9 cm³/mol. The molecule has 106 valence electrons. The maximum absolute atomic E-state index is 5.67. The largest absolute Gasteiger partial charge is 0.326 e. The summed E-state index contributed by atoms with van der Waals surface area (Å²) in [4.78, 5) is 2.58. The normalized spacial score (nSPS) is 17.8. The molecule has 1 aromatic carbocycles. The van der Waals surface area contributed by atoms with Gasteiger partial charge in [-0.1, -0.05) is 47.8 Å². The molecule has 0 radical (unpaired) electrons. The van der Waals surface area contributed by atoms with Gasteiger partial charge in [-0.25, -0.2) is 0 Å². The van der Waals surface area contributed by atoms with Crippen LogP contribution in [0, 0.1) is 5.92 Å². The van der Waals surface area contributed by atoms with Crippen molar-refractivity contribution in [2.45, 2.75) is 45.7 Å². The van der Waals surface area contributed by atoms with Crippen LogP contribution in [-0.4, -0.2) is 18.0 Å². The summed E-state index contributed by atoms with van der Waals surface area (Å²) in [5.41, 5.74) is 8.24. The van der Waals surface area contributed by atoms with Gasteiger partial charge in [0.1, 0.15) is 0 Å². The molecular formula is C16H25BrN2. The lowest BCUT2D eigenvalue weighted by Gasteiger charge is -2.32. The molecule has 0 aliphatic carbocycles. The van der Waals surface area contributed by atoms with Gasteiger partial charge < -0.3 is 5.73 Å². The summed E-state index contributed by atoms with van der Waals surface area (Å²) in [5.74, 6) is 0.962. The van der Waals surface area contributed by atoms with E-state index in [0.29, 0.717) is 6.54 Å². The summed E-state index contributed by atoms with van der Waals surface area (Å²) in [7, 11) is 0. The number of benzene rings is 1. The lowest BCUT2D eigenvalue weighted by molar-refractivity contribution is 0.171. The molecule has 0 aromatic heterocycles. The number of likely N-dealkylation sites (tertiary alicyclic amines) is 1. The van der Waals surface area contributed by atoms with Crippen molar-refractivity contribution in [2.24, 2.45) is 11.7 Å². The fraction of sp³-hybridized carbons (Fsp3) is 0.625. The Hall–Kier alpha value is -0.380. The van der Waals surface area contributed by atoms with E-state index >= 15 is 0 Å². The second kappa shape index (κ2) is 7.41. The van der Waals surface area contributed by atoms with E-state index in [-0.39, 0.29) is 0 Å². The van der Waals surface area contributed by atoms with E-state index in [1.165, 1.54) is 54.4 Å². The summed E-state index contributed by atoms with van der Waals surface area (Å²) in [6.45, 7) is 6.46. The van der Waals surface area contributed by atoms with Crippen LogP contribution in [-0.2, 0) is 13.1 Å². The summed E-state index contributed by atoms with van der Waals surface area (Å²) in [5, 5.41) is 0. The first-order chi connectivity index (χ1) is 9.22. The maximum atomic E-state index is 5.67. The molecule has 1 heterocycles. The average Bonchev–Trinajstić information content (AvgIpc) is 2.43. The Morgan fingerprint density at radius 2 is 2.05 bits per heavy atom. The Balaban J connectivity index is 1.88. The minimum absolute atomic E-state index is 0.612. The van der Waals surface area contributed by atoms with Crippen molar-refractivity contribution < 1.29 is 0 Å². The van der Waals surface area contributed by atoms with E-state index in [0.717, 1.165) is 12.5 Å². The van der Waals surface area contributed by atoms with Crippen molar-refractivity contribution in [3.63, 3.8) is 0 Å². The molecule has 1 aliphatic rings. The highest BCUT2D eigenvalue weighted by molar-refractivity contribution is 9.10. The predicted octanol–water partition coefficient (Wildman–Crippen LogP) is 3.92. The van der Waals surface area contributed by atoms with E-state index in [2.05, 4.69) is 46.0 Å². The lowest BCUT2D eigenvalue weighted by Crippen LogP contribution is -2.33. The van der Waals surface area contributed by atoms with Gasteiger partial charge in [0.15, 0.2) is 0 Å². The van der Waals surface area contributed by atoms with Gasteiger partial charge >= 0.3 is 0 Å². The average molecular weight is 325 g/mol. The van der Waals surface area contributed by atoms with Crippen molar-refractivity contribution >= 4 is 15.9 Å². The molecule has 19 heavy (non-hydrogen) atoms. The first-order valence-corrected chi connectivity index (χ1v) is 8.22. The third-order valence-corrected chi connectivity index (χ3v) is 4.89. The molecule has 0 amide bonds. The van der Waals surface area contributed by atoms with Gasteiger partial charge in [-0.05, 0) is 49.0 Å². The van der Waals surface area contributed by atoms with Crippen LogP contribution in [0.4, 0.5) is 0 Å². The smallest absolute Gasteiger partial charge is 0.0244 e. The SMILES string of the molecule is CCCC1CCN(Cc2ccc(CN)cc2Br)CC1. The molecule has 0 saturated carbocycles. The van der Waals surface area contributed by atoms with Crippen LogP contribution in [0.25, 0.3) is 0 Å². The first kappa shape index (κ1) is 15.0. The Morgan fingerprint density at radius 3 is 2.63 bits per heavy atom. The highest BCUT2D eigenvalue weighted by atomic mass is 79.9. The maximum Gasteiger partial charge on any atom is 0.0244 e. The molecule has 0 bridgehead atoms. The zero-order valence-electron chi connectivity index (χ0n) is 11.9. The number of piperidine rings is 1. The number of halogens is 1. The molecule has 0 atom stereocenters. The van der Waals surface area contributed by atoms with Crippen LogP contribution in [0.1, 0.15) is 43.7 Å². The fourth-order valence-corrected chi connectivity index (χ4v) is 3.48. The van der Waals surface area contributed by atoms with E-state index in [9.17, 15) is 0 Å². The number of rotatable bonds is 5. The zero-order chi connectivity index (χ0) is 13.7. The number of nitrogens with two attached hydrogens (primary N) is 1. The Kier molecular flexibility index (Phi) is 5.86. The molecule has 1 aromatic rings. The van der Waals surface area contributed by atoms with Crippen molar-refractivity contribution in [1.82, 2.24) is 4.90 Å². The van der Waals surface area contributed by atoms with Crippen LogP contribution in [0.2, 0.25) is 0 Å². The molecule has 1 fully saturated rings. The third kappa shape index (κ3) is 4.30. The Morgan fingerprint density at radius 1 is 1.32 bits per heavy atom. The molecule has 0 unspecified atom stereocenters. The third-order valence-electron chi connectivity index (χ3n) is 4.15. The molecule has 1 saturated heterocycles. The number of hydrogen-bond acceptors (Lipinski definition) is 2. The van der Waals surface area contributed by atoms with E-state index < -0.39 is 0 Å². The summed E-state index contributed by atoms with van der Waals surface area (Å²) < 4.78 is 1.20. The van der Waals surface area contributed by atoms with Gasteiger partial charge in [0.05, 0.1) is 0 Å². The summed E-state index contributed by atoms with van der Waals surface area (Å²) in [6.07, 6.45) is 5.47. The van der Waals surface area contributed by atoms with E-state index in [1.807, 2.05) is 0 Å². The van der Waals surface area contributed by atoms with Crippen LogP contribution in [0.3, 0.4) is 0 Å². The molecule has 2 rings (SSSR count). The fourth-order valence-electron chi connectivity index (χ4n) is 2.93. The minimum atomic E-state index is 0.612. The van der Waals surface area contributed by atoms with Crippen molar-refractivity contribution in [2.75, 3.05) is 13.1 Å². The number of nitrogens with zero attached hydrogens (tertiary/aromatic N) is 1. The summed E-state index contributed by atoms with van der Waals surface area (Å²) >= 11 is 3.67. The van der Waals surface area contributed by atoms with Crippen molar-refractivity contribution in [3.8, 4) is 0 Å². The van der Waals surface area contributed by atoms with Gasteiger partial charge in [0.2, 0.25) is 0 Å². The highest BCUT2D eigenvalue weighted by Gasteiger charge is 2.18. The number of hydrogen-bond donors (Lipinski definition) is 1. The van der Waals surface area contributed by atoms with Crippen molar-refractivity contribution in [3.05, 3.63) is 33.8 Å². The minimum Gasteiger partial charge on any atom is -0.326 e. The first-order valence-electron chi connectivity index (χ1n) is 7.42. The second-order valence-corrected chi connectivity index (χ2v) is 6.49.